The first kappa shape index (κ1) is 21.5. The Labute approximate surface area is 160 Å². The highest BCUT2D eigenvalue weighted by molar-refractivity contribution is 9.11. The predicted octanol–water partition coefficient (Wildman–Crippen LogP) is 4.76. The van der Waals surface area contributed by atoms with Crippen LogP contribution in [0.25, 0.3) is 0 Å². The summed E-state index contributed by atoms with van der Waals surface area (Å²) in [6.45, 7) is 12.7. The lowest BCUT2D eigenvalue weighted by Gasteiger charge is -2.28. The van der Waals surface area contributed by atoms with Crippen molar-refractivity contribution in [1.29, 1.82) is 0 Å². The summed E-state index contributed by atoms with van der Waals surface area (Å²) in [5, 5.41) is 3.25. The second-order valence-electron chi connectivity index (χ2n) is 6.98. The topological polar surface area (TPSA) is 53.9 Å². The Bertz CT molecular complexity index is 586. The number of hydrogen-bond donors (Lipinski definition) is 1. The molecule has 0 spiro atoms. The van der Waals surface area contributed by atoms with Crippen LogP contribution in [0.15, 0.2) is 39.5 Å². The molecule has 1 amide bonds. The van der Waals surface area contributed by atoms with Crippen molar-refractivity contribution in [3.63, 3.8) is 0 Å². The van der Waals surface area contributed by atoms with Gasteiger partial charge in [-0.05, 0) is 50.1 Å². The monoisotopic (exact) mass is 411 g/mol. The number of ether oxygens (including phenoxy) is 1. The summed E-state index contributed by atoms with van der Waals surface area (Å²) in [6.07, 6.45) is 6.50. The smallest absolute Gasteiger partial charge is 0.410 e. The maximum Gasteiger partial charge on any atom is 0.410 e. The molecule has 6 heteroatoms. The Balaban J connectivity index is 2.74. The number of nitrogens with one attached hydrogen (secondary N) is 1. The molecule has 0 aromatic rings. The molecule has 1 N–H and O–H groups in total. The van der Waals surface area contributed by atoms with Gasteiger partial charge in [0.2, 0.25) is 0 Å². The minimum Gasteiger partial charge on any atom is -0.444 e. The van der Waals surface area contributed by atoms with Crippen LogP contribution < -0.4 is 5.32 Å². The van der Waals surface area contributed by atoms with E-state index >= 15 is 0 Å². The molecular weight excluding hydrogens is 382 g/mol. The number of amides is 1. The Kier molecular flexibility index (Phi) is 8.42. The van der Waals surface area contributed by atoms with Crippen molar-refractivity contribution in [2.24, 2.45) is 4.99 Å². The summed E-state index contributed by atoms with van der Waals surface area (Å²) in [6, 6.07) is 0. The van der Waals surface area contributed by atoms with Gasteiger partial charge in [0.05, 0.1) is 6.54 Å². The summed E-state index contributed by atoms with van der Waals surface area (Å²) in [5.74, 6) is 0.693. The minimum atomic E-state index is -0.518. The molecule has 0 saturated heterocycles. The maximum absolute atomic E-state index is 12.4. The van der Waals surface area contributed by atoms with Gasteiger partial charge in [0.25, 0.3) is 0 Å². The molecule has 0 heterocycles. The van der Waals surface area contributed by atoms with E-state index in [-0.39, 0.29) is 6.09 Å². The van der Waals surface area contributed by atoms with E-state index in [2.05, 4.69) is 32.8 Å². The largest absolute Gasteiger partial charge is 0.444 e. The van der Waals surface area contributed by atoms with Gasteiger partial charge in [-0.1, -0.05) is 41.6 Å². The first-order valence-corrected chi connectivity index (χ1v) is 9.40. The van der Waals surface area contributed by atoms with Gasteiger partial charge in [0.1, 0.15) is 11.4 Å². The highest BCUT2D eigenvalue weighted by Gasteiger charge is 2.23. The quantitative estimate of drug-likeness (QED) is 0.505. The molecule has 0 aliphatic heterocycles. The van der Waals surface area contributed by atoms with Gasteiger partial charge in [-0.25, -0.2) is 4.79 Å². The van der Waals surface area contributed by atoms with Crippen LogP contribution in [-0.4, -0.2) is 42.6 Å². The molecule has 0 atom stereocenters. The summed E-state index contributed by atoms with van der Waals surface area (Å²) < 4.78 is 6.68. The molecule has 1 aliphatic carbocycles. The summed E-state index contributed by atoms with van der Waals surface area (Å²) >= 11 is 3.50. The van der Waals surface area contributed by atoms with Gasteiger partial charge < -0.3 is 15.0 Å². The minimum absolute atomic E-state index is 0.327. The van der Waals surface area contributed by atoms with Crippen molar-refractivity contribution >= 4 is 27.9 Å². The van der Waals surface area contributed by atoms with E-state index < -0.39 is 5.60 Å². The molecular formula is C19H30BrN3O2. The van der Waals surface area contributed by atoms with Crippen molar-refractivity contribution in [2.45, 2.75) is 52.6 Å². The zero-order valence-corrected chi connectivity index (χ0v) is 17.6. The molecule has 0 radical (unpaired) electrons. The fourth-order valence-corrected chi connectivity index (χ4v) is 2.63. The molecule has 1 rings (SSSR count). The molecule has 140 valence electrons. The van der Waals surface area contributed by atoms with Gasteiger partial charge >= 0.3 is 6.09 Å². The molecule has 0 unspecified atom stereocenters. The lowest BCUT2D eigenvalue weighted by atomic mass is 10.0. The van der Waals surface area contributed by atoms with Crippen LogP contribution in [0.1, 0.15) is 47.0 Å². The fourth-order valence-electron chi connectivity index (χ4n) is 2.30. The van der Waals surface area contributed by atoms with Gasteiger partial charge in [0, 0.05) is 19.3 Å². The van der Waals surface area contributed by atoms with Crippen molar-refractivity contribution in [1.82, 2.24) is 10.2 Å². The standard InChI is InChI=1S/C19H30BrN3O2/c1-7-12-23(18(24)25-19(3,4)5)13-17(21-6)22-14(2)15-8-10-16(20)11-9-15/h8,10H,2,7,9,11-13H2,1,3-6H3,(H,21,22). The van der Waals surface area contributed by atoms with E-state index in [1.165, 1.54) is 4.48 Å². The molecule has 25 heavy (non-hydrogen) atoms. The number of nitrogens with zero attached hydrogens (tertiary/aromatic N) is 2. The van der Waals surface area contributed by atoms with Crippen molar-refractivity contribution in [3.8, 4) is 0 Å². The fraction of sp³-hybridized carbons (Fsp3) is 0.579. The number of allylic oxidation sites excluding steroid dienone is 4. The van der Waals surface area contributed by atoms with Gasteiger partial charge in [-0.2, -0.15) is 0 Å². The van der Waals surface area contributed by atoms with Crippen LogP contribution >= 0.6 is 15.9 Å². The van der Waals surface area contributed by atoms with Gasteiger partial charge in [-0.15, -0.1) is 0 Å². The van der Waals surface area contributed by atoms with Crippen LogP contribution in [0.3, 0.4) is 0 Å². The van der Waals surface area contributed by atoms with Crippen LogP contribution in [0.2, 0.25) is 0 Å². The third-order valence-corrected chi connectivity index (χ3v) is 4.20. The van der Waals surface area contributed by atoms with Crippen LogP contribution in [0.4, 0.5) is 4.79 Å². The van der Waals surface area contributed by atoms with Crippen molar-refractivity contribution in [3.05, 3.63) is 34.5 Å². The summed E-state index contributed by atoms with van der Waals surface area (Å²) in [4.78, 5) is 18.3. The van der Waals surface area contributed by atoms with Crippen molar-refractivity contribution < 1.29 is 9.53 Å². The first-order chi connectivity index (χ1) is 11.7. The first-order valence-electron chi connectivity index (χ1n) is 8.61. The highest BCUT2D eigenvalue weighted by Crippen LogP contribution is 2.25. The third kappa shape index (κ3) is 7.90. The number of carbonyl (C=O) groups is 1. The van der Waals surface area contributed by atoms with E-state index in [1.807, 2.05) is 39.8 Å². The number of carbonyl (C=O) groups excluding carboxylic acids is 1. The predicted molar refractivity (Wildman–Crippen MR) is 108 cm³/mol. The molecule has 5 nitrogen and oxygen atoms in total. The Morgan fingerprint density at radius 1 is 1.40 bits per heavy atom. The van der Waals surface area contributed by atoms with E-state index in [0.29, 0.717) is 18.9 Å². The number of rotatable bonds is 6. The number of hydrogen-bond acceptors (Lipinski definition) is 3. The average Bonchev–Trinajstić information content (AvgIpc) is 2.52. The Morgan fingerprint density at radius 2 is 2.08 bits per heavy atom. The molecule has 0 aromatic heterocycles. The lowest BCUT2D eigenvalue weighted by molar-refractivity contribution is 0.0278. The summed E-state index contributed by atoms with van der Waals surface area (Å²) in [5.41, 5.74) is 1.44. The van der Waals surface area contributed by atoms with E-state index in [1.54, 1.807) is 11.9 Å². The second kappa shape index (κ2) is 9.80. The third-order valence-electron chi connectivity index (χ3n) is 3.54. The number of aliphatic imine (C=N–C) groups is 1. The van der Waals surface area contributed by atoms with Crippen molar-refractivity contribution in [2.75, 3.05) is 20.1 Å². The lowest BCUT2D eigenvalue weighted by Crippen LogP contribution is -2.43. The van der Waals surface area contributed by atoms with Crippen LogP contribution in [0.5, 0.6) is 0 Å². The molecule has 1 aliphatic rings. The zero-order valence-electron chi connectivity index (χ0n) is 16.0. The molecule has 0 fully saturated rings. The molecule has 0 bridgehead atoms. The zero-order chi connectivity index (χ0) is 19.0. The second-order valence-corrected chi connectivity index (χ2v) is 8.00. The molecule has 0 saturated carbocycles. The Hall–Kier alpha value is -1.56. The van der Waals surface area contributed by atoms with Crippen LogP contribution in [-0.2, 0) is 4.74 Å². The maximum atomic E-state index is 12.4. The van der Waals surface area contributed by atoms with E-state index in [9.17, 15) is 4.79 Å². The highest BCUT2D eigenvalue weighted by atomic mass is 79.9. The van der Waals surface area contributed by atoms with Gasteiger partial charge in [0.15, 0.2) is 0 Å². The van der Waals surface area contributed by atoms with E-state index in [4.69, 9.17) is 4.74 Å². The normalized spacial score (nSPS) is 15.2. The number of amidine groups is 1. The molecule has 0 aromatic carbocycles. The Morgan fingerprint density at radius 3 is 2.56 bits per heavy atom. The van der Waals surface area contributed by atoms with E-state index in [0.717, 1.165) is 30.5 Å². The SMILES string of the molecule is C=C(NC(CN(CCC)C(=O)OC(C)(C)C)=NC)C1=CC=C(Br)CC1. The summed E-state index contributed by atoms with van der Waals surface area (Å²) in [7, 11) is 1.71. The average molecular weight is 412 g/mol. The van der Waals surface area contributed by atoms with Gasteiger partial charge in [-0.3, -0.25) is 4.99 Å². The van der Waals surface area contributed by atoms with Crippen LogP contribution in [0, 0.1) is 0 Å². The number of halogens is 1.